The third kappa shape index (κ3) is 3.68. The molecule has 0 bridgehead atoms. The lowest BCUT2D eigenvalue weighted by atomic mass is 10.3. The van der Waals surface area contributed by atoms with E-state index in [0.717, 1.165) is 6.08 Å². The summed E-state index contributed by atoms with van der Waals surface area (Å²) in [6.07, 6.45) is 0.979. The Labute approximate surface area is 52.8 Å². The molecule has 0 aromatic rings. The third-order valence-electron chi connectivity index (χ3n) is 0.575. The average molecular weight is 134 g/mol. The van der Waals surface area contributed by atoms with Gasteiger partial charge in [0, 0.05) is 5.88 Å². The lowest BCUT2D eigenvalue weighted by Crippen LogP contribution is -2.19. The number of hydrogen-bond donors (Lipinski definition) is 0. The number of carbonyl (C=O) groups excluding carboxylic acids is 1. The molecule has 0 aromatic heterocycles. The van der Waals surface area contributed by atoms with Crippen LogP contribution in [0, 0.1) is 0 Å². The summed E-state index contributed by atoms with van der Waals surface area (Å²) in [4.78, 5) is 9.72. The van der Waals surface area contributed by atoms with E-state index in [4.69, 9.17) is 11.6 Å². The van der Waals surface area contributed by atoms with E-state index in [-0.39, 0.29) is 5.88 Å². The standard InChI is InChI=1S/C5H7ClO2/c1-4(3-6)2-5(7)8/h2H,3H2,1H3,(H,7,8)/p-1/b4-2-. The number of rotatable bonds is 2. The fraction of sp³-hybridized carbons (Fsp3) is 0.400. The first kappa shape index (κ1) is 7.50. The molecule has 0 aliphatic heterocycles. The third-order valence-corrected chi connectivity index (χ3v) is 0.997. The van der Waals surface area contributed by atoms with E-state index in [9.17, 15) is 9.90 Å². The van der Waals surface area contributed by atoms with Crippen molar-refractivity contribution in [1.29, 1.82) is 0 Å². The number of aliphatic carboxylic acids is 1. The molecule has 0 radical (unpaired) electrons. The first-order valence-corrected chi connectivity index (χ1v) is 2.64. The van der Waals surface area contributed by atoms with Crippen molar-refractivity contribution < 1.29 is 9.90 Å². The molecule has 0 aromatic carbocycles. The monoisotopic (exact) mass is 133 g/mol. The van der Waals surface area contributed by atoms with Gasteiger partial charge in [0.25, 0.3) is 0 Å². The van der Waals surface area contributed by atoms with Gasteiger partial charge in [-0.3, -0.25) is 0 Å². The van der Waals surface area contributed by atoms with Crippen LogP contribution in [0.25, 0.3) is 0 Å². The fourth-order valence-electron chi connectivity index (χ4n) is 0.240. The van der Waals surface area contributed by atoms with Crippen LogP contribution in [0.1, 0.15) is 6.92 Å². The summed E-state index contributed by atoms with van der Waals surface area (Å²) in [5, 5.41) is 9.72. The van der Waals surface area contributed by atoms with Crippen LogP contribution < -0.4 is 5.11 Å². The van der Waals surface area contributed by atoms with Crippen molar-refractivity contribution in [2.75, 3.05) is 5.88 Å². The van der Waals surface area contributed by atoms with Crippen molar-refractivity contribution in [2.45, 2.75) is 6.92 Å². The van der Waals surface area contributed by atoms with E-state index in [0.29, 0.717) is 5.57 Å². The summed E-state index contributed by atoms with van der Waals surface area (Å²) in [7, 11) is 0. The van der Waals surface area contributed by atoms with Crippen molar-refractivity contribution >= 4 is 17.6 Å². The minimum absolute atomic E-state index is 0.244. The Morgan fingerprint density at radius 1 is 1.88 bits per heavy atom. The number of carbonyl (C=O) groups is 1. The molecule has 0 atom stereocenters. The Kier molecular flexibility index (Phi) is 3.28. The zero-order valence-corrected chi connectivity index (χ0v) is 5.23. The van der Waals surface area contributed by atoms with Crippen LogP contribution in [0.3, 0.4) is 0 Å². The summed E-state index contributed by atoms with van der Waals surface area (Å²) in [5.41, 5.74) is 0.603. The maximum Gasteiger partial charge on any atom is 0.0642 e. The highest BCUT2D eigenvalue weighted by Gasteiger charge is 1.81. The van der Waals surface area contributed by atoms with Crippen molar-refractivity contribution in [1.82, 2.24) is 0 Å². The van der Waals surface area contributed by atoms with E-state index in [2.05, 4.69) is 0 Å². The summed E-state index contributed by atoms with van der Waals surface area (Å²) < 4.78 is 0. The van der Waals surface area contributed by atoms with Gasteiger partial charge in [0.1, 0.15) is 0 Å². The van der Waals surface area contributed by atoms with E-state index in [1.165, 1.54) is 0 Å². The molecule has 0 amide bonds. The maximum atomic E-state index is 9.72. The second-order valence-electron chi connectivity index (χ2n) is 1.44. The second kappa shape index (κ2) is 3.50. The van der Waals surface area contributed by atoms with Crippen LogP contribution in [0.4, 0.5) is 0 Å². The predicted molar refractivity (Wildman–Crippen MR) is 29.5 cm³/mol. The predicted octanol–water partition coefficient (Wildman–Crippen LogP) is -0.0786. The molecule has 0 aliphatic rings. The van der Waals surface area contributed by atoms with Gasteiger partial charge < -0.3 is 9.90 Å². The number of allylic oxidation sites excluding steroid dienone is 1. The van der Waals surface area contributed by atoms with Crippen LogP contribution in [0.5, 0.6) is 0 Å². The summed E-state index contributed by atoms with van der Waals surface area (Å²) in [6, 6.07) is 0. The Morgan fingerprint density at radius 3 is 2.50 bits per heavy atom. The molecule has 0 spiro atoms. The zero-order chi connectivity index (χ0) is 6.57. The highest BCUT2D eigenvalue weighted by molar-refractivity contribution is 6.19. The first-order chi connectivity index (χ1) is 3.66. The SMILES string of the molecule is C/C(=C/C(=O)[O-])CCl. The van der Waals surface area contributed by atoms with Gasteiger partial charge in [-0.25, -0.2) is 0 Å². The molecule has 0 saturated heterocycles. The number of hydrogen-bond acceptors (Lipinski definition) is 2. The molecule has 2 nitrogen and oxygen atoms in total. The highest BCUT2D eigenvalue weighted by atomic mass is 35.5. The van der Waals surface area contributed by atoms with Gasteiger partial charge in [0.2, 0.25) is 0 Å². The average Bonchev–Trinajstić information content (AvgIpc) is 1.65. The summed E-state index contributed by atoms with van der Waals surface area (Å²) in [5.74, 6) is -0.948. The summed E-state index contributed by atoms with van der Waals surface area (Å²) in [6.45, 7) is 1.63. The largest absolute Gasteiger partial charge is 0.545 e. The smallest absolute Gasteiger partial charge is 0.0642 e. The van der Waals surface area contributed by atoms with Crippen molar-refractivity contribution in [3.63, 3.8) is 0 Å². The molecule has 0 rings (SSSR count). The van der Waals surface area contributed by atoms with Gasteiger partial charge in [0.15, 0.2) is 0 Å². The Balaban J connectivity index is 3.75. The molecule has 0 saturated carbocycles. The molecule has 3 heteroatoms. The van der Waals surface area contributed by atoms with E-state index < -0.39 is 5.97 Å². The topological polar surface area (TPSA) is 40.1 Å². The highest BCUT2D eigenvalue weighted by Crippen LogP contribution is 1.92. The first-order valence-electron chi connectivity index (χ1n) is 2.11. The quantitative estimate of drug-likeness (QED) is 0.391. The van der Waals surface area contributed by atoms with Gasteiger partial charge in [-0.05, 0) is 13.0 Å². The molecular formula is C5H6ClO2-. The number of carboxylic acid groups (broad SMARTS) is 1. The van der Waals surface area contributed by atoms with Crippen LogP contribution in [-0.2, 0) is 4.79 Å². The van der Waals surface area contributed by atoms with Crippen LogP contribution in [-0.4, -0.2) is 11.8 Å². The Hall–Kier alpha value is -0.500. The van der Waals surface area contributed by atoms with Crippen LogP contribution >= 0.6 is 11.6 Å². The lowest BCUT2D eigenvalue weighted by Gasteiger charge is -1.93. The van der Waals surface area contributed by atoms with Gasteiger partial charge >= 0.3 is 0 Å². The Morgan fingerprint density at radius 2 is 2.38 bits per heavy atom. The lowest BCUT2D eigenvalue weighted by molar-refractivity contribution is -0.297. The molecule has 8 heavy (non-hydrogen) atoms. The van der Waals surface area contributed by atoms with E-state index >= 15 is 0 Å². The molecule has 0 aliphatic carbocycles. The minimum atomic E-state index is -1.19. The van der Waals surface area contributed by atoms with Crippen molar-refractivity contribution in [2.24, 2.45) is 0 Å². The Bertz CT molecular complexity index is 118. The van der Waals surface area contributed by atoms with Crippen molar-refractivity contribution in [3.8, 4) is 0 Å². The van der Waals surface area contributed by atoms with E-state index in [1.807, 2.05) is 0 Å². The zero-order valence-electron chi connectivity index (χ0n) is 4.48. The number of halogens is 1. The molecule has 0 N–H and O–H groups in total. The van der Waals surface area contributed by atoms with E-state index in [1.54, 1.807) is 6.92 Å². The molecular weight excluding hydrogens is 128 g/mol. The van der Waals surface area contributed by atoms with Gasteiger partial charge in [0.05, 0.1) is 5.97 Å². The van der Waals surface area contributed by atoms with Crippen molar-refractivity contribution in [3.05, 3.63) is 11.6 Å². The normalized spacial score (nSPS) is 11.5. The van der Waals surface area contributed by atoms with Gasteiger partial charge in [-0.1, -0.05) is 5.57 Å². The van der Waals surface area contributed by atoms with Gasteiger partial charge in [-0.15, -0.1) is 11.6 Å². The molecule has 46 valence electrons. The molecule has 0 heterocycles. The fourth-order valence-corrected chi connectivity index (χ4v) is 0.317. The molecule has 0 unspecified atom stereocenters. The van der Waals surface area contributed by atoms with Crippen LogP contribution in [0.2, 0.25) is 0 Å². The van der Waals surface area contributed by atoms with Crippen LogP contribution in [0.15, 0.2) is 11.6 Å². The summed E-state index contributed by atoms with van der Waals surface area (Å²) >= 11 is 5.24. The second-order valence-corrected chi connectivity index (χ2v) is 1.71. The molecule has 0 fully saturated rings. The number of alkyl halides is 1. The van der Waals surface area contributed by atoms with Gasteiger partial charge in [-0.2, -0.15) is 0 Å². The minimum Gasteiger partial charge on any atom is -0.545 e. The maximum absolute atomic E-state index is 9.72. The number of carboxylic acids is 1.